The van der Waals surface area contributed by atoms with Crippen LogP contribution in [0.2, 0.25) is 24.2 Å². The van der Waals surface area contributed by atoms with Crippen molar-refractivity contribution in [3.63, 3.8) is 0 Å². The third kappa shape index (κ3) is 20.3. The Morgan fingerprint density at radius 1 is 0.419 bits per heavy atom. The first-order valence-electron chi connectivity index (χ1n) is 14.9. The lowest BCUT2D eigenvalue weighted by Crippen LogP contribution is -2.34. The topological polar surface area (TPSA) is 0 Å². The summed E-state index contributed by atoms with van der Waals surface area (Å²) in [5.41, 5.74) is 0. The number of allylic oxidation sites excluding steroid dienone is 1. The number of rotatable bonds is 26. The fourth-order valence-electron chi connectivity index (χ4n) is 5.38. The van der Waals surface area contributed by atoms with Crippen LogP contribution in [0.5, 0.6) is 0 Å². The molecule has 0 spiro atoms. The van der Waals surface area contributed by atoms with Crippen molar-refractivity contribution >= 4 is 8.07 Å². The van der Waals surface area contributed by atoms with Crippen LogP contribution < -0.4 is 0 Å². The van der Waals surface area contributed by atoms with Crippen molar-refractivity contribution in [1.29, 1.82) is 0 Å². The largest absolute Gasteiger partial charge is 0.103 e. The summed E-state index contributed by atoms with van der Waals surface area (Å²) in [6, 6.07) is 6.64. The van der Waals surface area contributed by atoms with E-state index in [-0.39, 0.29) is 0 Å². The summed E-state index contributed by atoms with van der Waals surface area (Å²) >= 11 is 0. The van der Waals surface area contributed by atoms with E-state index in [0.717, 1.165) is 0 Å². The first-order chi connectivity index (χ1) is 15.2. The molecule has 0 aliphatic heterocycles. The molecule has 1 unspecified atom stereocenters. The molecule has 0 aromatic heterocycles. The van der Waals surface area contributed by atoms with E-state index < -0.39 is 8.07 Å². The summed E-state index contributed by atoms with van der Waals surface area (Å²) in [5.74, 6) is 0. The van der Waals surface area contributed by atoms with Crippen molar-refractivity contribution in [2.45, 2.75) is 180 Å². The molecule has 0 bridgehead atoms. The Morgan fingerprint density at radius 3 is 1.06 bits per heavy atom. The lowest BCUT2D eigenvalue weighted by atomic mass is 10.1. The molecule has 1 heteroatoms. The third-order valence-electron chi connectivity index (χ3n) is 7.55. The molecule has 0 heterocycles. The maximum atomic E-state index is 3.87. The van der Waals surface area contributed by atoms with E-state index in [1.54, 1.807) is 49.9 Å². The second-order valence-electron chi connectivity index (χ2n) is 10.6. The van der Waals surface area contributed by atoms with Crippen molar-refractivity contribution < 1.29 is 0 Å². The van der Waals surface area contributed by atoms with E-state index in [9.17, 15) is 0 Å². The molecule has 0 N–H and O–H groups in total. The van der Waals surface area contributed by atoms with Gasteiger partial charge in [-0.2, -0.15) is 0 Å². The standard InChI is InChI=1S/C30H62Si/c1-5-9-13-17-19-22-26-30-31(27-23-16-12-8-4,28-24-20-15-11-7-3)29-25-21-18-14-10-6-2/h5H,1,6-30H2,2-4H3. The molecule has 0 aliphatic rings. The van der Waals surface area contributed by atoms with E-state index in [1.807, 2.05) is 0 Å². The van der Waals surface area contributed by atoms with Gasteiger partial charge in [-0.15, -0.1) is 6.58 Å². The fraction of sp³-hybridized carbons (Fsp3) is 0.933. The highest BCUT2D eigenvalue weighted by Crippen LogP contribution is 2.35. The van der Waals surface area contributed by atoms with Crippen molar-refractivity contribution in [3.05, 3.63) is 12.7 Å². The van der Waals surface area contributed by atoms with Crippen LogP contribution in [0, 0.1) is 0 Å². The Labute approximate surface area is 200 Å². The van der Waals surface area contributed by atoms with Crippen LogP contribution in [0.1, 0.15) is 156 Å². The number of hydrogen-bond acceptors (Lipinski definition) is 0. The van der Waals surface area contributed by atoms with Gasteiger partial charge in [-0.3, -0.25) is 0 Å². The normalized spacial score (nSPS) is 13.4. The smallest absolute Gasteiger partial charge is 0.0535 e. The lowest BCUT2D eigenvalue weighted by molar-refractivity contribution is 0.609. The highest BCUT2D eigenvalue weighted by Gasteiger charge is 2.30. The monoisotopic (exact) mass is 450 g/mol. The van der Waals surface area contributed by atoms with Gasteiger partial charge in [0.05, 0.1) is 8.07 Å². The van der Waals surface area contributed by atoms with Crippen LogP contribution in [-0.4, -0.2) is 8.07 Å². The first kappa shape index (κ1) is 31.0. The quantitative estimate of drug-likeness (QED) is 0.0698. The van der Waals surface area contributed by atoms with Crippen LogP contribution in [0.4, 0.5) is 0 Å². The average Bonchev–Trinajstić information content (AvgIpc) is 2.78. The van der Waals surface area contributed by atoms with Crippen molar-refractivity contribution in [3.8, 4) is 0 Å². The molecule has 1 atom stereocenters. The summed E-state index contributed by atoms with van der Waals surface area (Å²) in [6.07, 6.45) is 32.7. The molecule has 0 radical (unpaired) electrons. The van der Waals surface area contributed by atoms with Crippen molar-refractivity contribution in [2.75, 3.05) is 0 Å². The van der Waals surface area contributed by atoms with Gasteiger partial charge in [0.2, 0.25) is 0 Å². The summed E-state index contributed by atoms with van der Waals surface area (Å²) in [6.45, 7) is 10.9. The van der Waals surface area contributed by atoms with Gasteiger partial charge >= 0.3 is 0 Å². The maximum Gasteiger partial charge on any atom is 0.0535 e. The van der Waals surface area contributed by atoms with Gasteiger partial charge in [0.15, 0.2) is 0 Å². The van der Waals surface area contributed by atoms with Crippen LogP contribution in [0.25, 0.3) is 0 Å². The molecule has 186 valence electrons. The van der Waals surface area contributed by atoms with Gasteiger partial charge < -0.3 is 0 Å². The van der Waals surface area contributed by atoms with Gasteiger partial charge in [0.25, 0.3) is 0 Å². The fourth-order valence-corrected chi connectivity index (χ4v) is 10.9. The first-order valence-corrected chi connectivity index (χ1v) is 17.7. The van der Waals surface area contributed by atoms with Crippen molar-refractivity contribution in [1.82, 2.24) is 0 Å². The predicted molar refractivity (Wildman–Crippen MR) is 149 cm³/mol. The molecule has 0 amide bonds. The Bertz CT molecular complexity index is 350. The Kier molecular flexibility index (Phi) is 24.6. The van der Waals surface area contributed by atoms with Gasteiger partial charge in [-0.25, -0.2) is 0 Å². The van der Waals surface area contributed by atoms with E-state index in [1.165, 1.54) is 109 Å². The minimum atomic E-state index is -1.07. The summed E-state index contributed by atoms with van der Waals surface area (Å²) in [5, 5.41) is 0. The zero-order valence-corrected chi connectivity index (χ0v) is 23.5. The Hall–Kier alpha value is -0.0431. The van der Waals surface area contributed by atoms with Crippen LogP contribution in [0.3, 0.4) is 0 Å². The molecule has 0 aromatic carbocycles. The highest BCUT2D eigenvalue weighted by molar-refractivity contribution is 6.79. The molecular weight excluding hydrogens is 388 g/mol. The lowest BCUT2D eigenvalue weighted by Gasteiger charge is -2.33. The summed E-state index contributed by atoms with van der Waals surface area (Å²) < 4.78 is 0. The van der Waals surface area contributed by atoms with Gasteiger partial charge in [0, 0.05) is 0 Å². The zero-order valence-electron chi connectivity index (χ0n) is 22.5. The average molecular weight is 451 g/mol. The molecule has 0 nitrogen and oxygen atoms in total. The molecule has 0 rings (SSSR count). The molecule has 31 heavy (non-hydrogen) atoms. The number of hydrogen-bond donors (Lipinski definition) is 0. The highest BCUT2D eigenvalue weighted by atomic mass is 28.3. The van der Waals surface area contributed by atoms with Gasteiger partial charge in [-0.1, -0.05) is 173 Å². The van der Waals surface area contributed by atoms with Crippen LogP contribution in [-0.2, 0) is 0 Å². The van der Waals surface area contributed by atoms with E-state index in [4.69, 9.17) is 0 Å². The van der Waals surface area contributed by atoms with E-state index in [2.05, 4.69) is 33.4 Å². The van der Waals surface area contributed by atoms with Gasteiger partial charge in [-0.05, 0) is 12.8 Å². The zero-order chi connectivity index (χ0) is 22.9. The Morgan fingerprint density at radius 2 is 0.710 bits per heavy atom. The maximum absolute atomic E-state index is 3.87. The third-order valence-corrected chi connectivity index (χ3v) is 13.2. The molecule has 0 fully saturated rings. The van der Waals surface area contributed by atoms with E-state index >= 15 is 0 Å². The molecule has 0 aliphatic carbocycles. The minimum absolute atomic E-state index is 1.07. The summed E-state index contributed by atoms with van der Waals surface area (Å²) in [7, 11) is -1.07. The molecule has 0 aromatic rings. The predicted octanol–water partition coefficient (Wildman–Crippen LogP) is 11.9. The van der Waals surface area contributed by atoms with Crippen LogP contribution in [0.15, 0.2) is 12.7 Å². The Balaban J connectivity index is 4.67. The molecular formula is C30H62Si. The minimum Gasteiger partial charge on any atom is -0.103 e. The SMILES string of the molecule is C=CCCCCCCC[Si](CCCCCC)(CCCCCCC)CCCCCCCC. The summed E-state index contributed by atoms with van der Waals surface area (Å²) in [4.78, 5) is 0. The molecule has 0 saturated heterocycles. The second-order valence-corrected chi connectivity index (χ2v) is 15.6. The number of unbranched alkanes of at least 4 members (excludes halogenated alkanes) is 17. The van der Waals surface area contributed by atoms with Crippen LogP contribution >= 0.6 is 0 Å². The van der Waals surface area contributed by atoms with Gasteiger partial charge in [0.1, 0.15) is 0 Å². The van der Waals surface area contributed by atoms with E-state index in [0.29, 0.717) is 0 Å². The van der Waals surface area contributed by atoms with Crippen molar-refractivity contribution in [2.24, 2.45) is 0 Å². The molecule has 0 saturated carbocycles. The second kappa shape index (κ2) is 24.6.